The van der Waals surface area contributed by atoms with Crippen molar-refractivity contribution in [3.63, 3.8) is 0 Å². The molecule has 0 saturated heterocycles. The van der Waals surface area contributed by atoms with Crippen molar-refractivity contribution in [3.05, 3.63) is 77.9 Å². The molecular weight excluding hydrogens is 355 g/mol. The lowest BCUT2D eigenvalue weighted by Crippen LogP contribution is -2.21. The highest BCUT2D eigenvalue weighted by Gasteiger charge is 2.38. The summed E-state index contributed by atoms with van der Waals surface area (Å²) in [6.07, 6.45) is -4.62. The van der Waals surface area contributed by atoms with Gasteiger partial charge in [0.15, 0.2) is 11.5 Å². The number of alkyl halides is 3. The van der Waals surface area contributed by atoms with Crippen LogP contribution in [0.15, 0.2) is 66.7 Å². The minimum absolute atomic E-state index is 0.0147. The van der Waals surface area contributed by atoms with Crippen LogP contribution in [0.4, 0.5) is 30.2 Å². The van der Waals surface area contributed by atoms with E-state index in [1.807, 2.05) is 0 Å². The molecule has 1 aliphatic heterocycles. The molecule has 0 amide bonds. The van der Waals surface area contributed by atoms with Crippen LogP contribution in [-0.4, -0.2) is 5.84 Å². The highest BCUT2D eigenvalue weighted by atomic mass is 19.4. The second-order valence-corrected chi connectivity index (χ2v) is 6.02. The molecule has 3 N–H and O–H groups in total. The van der Waals surface area contributed by atoms with Crippen LogP contribution in [0.2, 0.25) is 0 Å². The van der Waals surface area contributed by atoms with Gasteiger partial charge in [-0.05, 0) is 42.5 Å². The molecule has 3 aromatic carbocycles. The summed E-state index contributed by atoms with van der Waals surface area (Å²) in [5, 5.41) is 7.46. The first-order valence-electron chi connectivity index (χ1n) is 8.08. The fourth-order valence-electron chi connectivity index (χ4n) is 3.09. The molecular formula is C20H14F3N3O. The lowest BCUT2D eigenvalue weighted by molar-refractivity contribution is -0.137. The molecule has 136 valence electrons. The van der Waals surface area contributed by atoms with Crippen molar-refractivity contribution in [2.24, 2.45) is 5.73 Å². The number of fused-ring (bicyclic) bond motifs is 2. The summed E-state index contributed by atoms with van der Waals surface area (Å²) in [5.41, 5.74) is 5.47. The zero-order valence-electron chi connectivity index (χ0n) is 13.9. The maximum Gasteiger partial charge on any atom is 0.418 e. The number of rotatable bonds is 2. The fourth-order valence-corrected chi connectivity index (χ4v) is 3.09. The first-order valence-corrected chi connectivity index (χ1v) is 8.08. The topological polar surface area (TPSA) is 62.3 Å². The maximum absolute atomic E-state index is 13.8. The number of para-hydroxylation sites is 4. The Kier molecular flexibility index (Phi) is 3.80. The number of hydrogen-bond donors (Lipinski definition) is 2. The second-order valence-electron chi connectivity index (χ2n) is 6.02. The average molecular weight is 369 g/mol. The van der Waals surface area contributed by atoms with Gasteiger partial charge in [-0.2, -0.15) is 13.2 Å². The van der Waals surface area contributed by atoms with Crippen molar-refractivity contribution in [1.82, 2.24) is 0 Å². The first-order chi connectivity index (χ1) is 12.9. The number of nitrogens with zero attached hydrogens (tertiary/aromatic N) is 1. The van der Waals surface area contributed by atoms with Crippen LogP contribution in [-0.2, 0) is 6.18 Å². The molecule has 0 saturated carbocycles. The van der Waals surface area contributed by atoms with Gasteiger partial charge in [0.2, 0.25) is 0 Å². The molecule has 4 rings (SSSR count). The van der Waals surface area contributed by atoms with Gasteiger partial charge in [-0.25, -0.2) is 0 Å². The average Bonchev–Trinajstić information content (AvgIpc) is 2.65. The largest absolute Gasteiger partial charge is 0.453 e. The van der Waals surface area contributed by atoms with Gasteiger partial charge in [0.05, 0.1) is 22.6 Å². The Bertz CT molecular complexity index is 1000. The van der Waals surface area contributed by atoms with E-state index >= 15 is 0 Å². The van der Waals surface area contributed by atoms with Crippen LogP contribution >= 0.6 is 0 Å². The van der Waals surface area contributed by atoms with E-state index in [1.54, 1.807) is 48.5 Å². The number of amidine groups is 1. The summed E-state index contributed by atoms with van der Waals surface area (Å²) >= 11 is 0. The lowest BCUT2D eigenvalue weighted by Gasteiger charge is -2.34. The summed E-state index contributed by atoms with van der Waals surface area (Å²) in [7, 11) is 0. The zero-order valence-corrected chi connectivity index (χ0v) is 13.9. The van der Waals surface area contributed by atoms with E-state index in [0.29, 0.717) is 22.9 Å². The highest BCUT2D eigenvalue weighted by molar-refractivity contribution is 5.96. The van der Waals surface area contributed by atoms with E-state index in [2.05, 4.69) is 0 Å². The molecule has 0 aliphatic carbocycles. The maximum atomic E-state index is 13.8. The fraction of sp³-hybridized carbons (Fsp3) is 0.0500. The third-order valence-electron chi connectivity index (χ3n) is 4.29. The molecule has 0 atom stereocenters. The van der Waals surface area contributed by atoms with Crippen molar-refractivity contribution >= 4 is 22.9 Å². The third kappa shape index (κ3) is 2.87. The SMILES string of the molecule is N=C(N)c1ccc(N2c3ccccc3Oc3ccccc32)c(C(F)(F)F)c1. The van der Waals surface area contributed by atoms with Gasteiger partial charge in [0.1, 0.15) is 5.84 Å². The molecule has 0 unspecified atom stereocenters. The van der Waals surface area contributed by atoms with Crippen LogP contribution in [0, 0.1) is 5.41 Å². The van der Waals surface area contributed by atoms with Gasteiger partial charge in [0, 0.05) is 5.56 Å². The first kappa shape index (κ1) is 17.0. The van der Waals surface area contributed by atoms with E-state index < -0.39 is 17.6 Å². The number of halogens is 3. The van der Waals surface area contributed by atoms with Crippen molar-refractivity contribution in [2.45, 2.75) is 6.18 Å². The number of nitrogens with one attached hydrogen (secondary N) is 1. The van der Waals surface area contributed by atoms with Crippen LogP contribution in [0.3, 0.4) is 0 Å². The Morgan fingerprint density at radius 1 is 0.852 bits per heavy atom. The van der Waals surface area contributed by atoms with Gasteiger partial charge in [-0.1, -0.05) is 24.3 Å². The molecule has 4 nitrogen and oxygen atoms in total. The van der Waals surface area contributed by atoms with Crippen molar-refractivity contribution in [2.75, 3.05) is 4.90 Å². The van der Waals surface area contributed by atoms with Gasteiger partial charge < -0.3 is 15.4 Å². The van der Waals surface area contributed by atoms with E-state index in [0.717, 1.165) is 6.07 Å². The van der Waals surface area contributed by atoms with E-state index in [1.165, 1.54) is 17.0 Å². The predicted molar refractivity (Wildman–Crippen MR) is 97.2 cm³/mol. The molecule has 1 heterocycles. The van der Waals surface area contributed by atoms with Crippen LogP contribution < -0.4 is 15.4 Å². The van der Waals surface area contributed by atoms with Gasteiger partial charge >= 0.3 is 6.18 Å². The Labute approximate surface area is 153 Å². The number of anilines is 3. The summed E-state index contributed by atoms with van der Waals surface area (Å²) in [6, 6.07) is 17.4. The molecule has 1 aliphatic rings. The smallest absolute Gasteiger partial charge is 0.418 e. The quantitative estimate of drug-likeness (QED) is 0.359. The standard InChI is InChI=1S/C20H14F3N3O/c21-20(22,23)13-11-12(19(24)25)9-10-14(13)26-15-5-1-3-7-17(15)27-18-8-4-2-6-16(18)26/h1-11H,(H3,24,25). The molecule has 27 heavy (non-hydrogen) atoms. The normalized spacial score (nSPS) is 12.8. The van der Waals surface area contributed by atoms with Crippen molar-refractivity contribution in [1.29, 1.82) is 5.41 Å². The van der Waals surface area contributed by atoms with Crippen LogP contribution in [0.25, 0.3) is 0 Å². The van der Waals surface area contributed by atoms with E-state index in [-0.39, 0.29) is 11.3 Å². The van der Waals surface area contributed by atoms with Crippen molar-refractivity contribution in [3.8, 4) is 11.5 Å². The van der Waals surface area contributed by atoms with Gasteiger partial charge in [0.25, 0.3) is 0 Å². The summed E-state index contributed by atoms with van der Waals surface area (Å²) in [4.78, 5) is 1.51. The molecule has 3 aromatic rings. The number of benzene rings is 3. The Balaban J connectivity index is 2.00. The zero-order chi connectivity index (χ0) is 19.2. The molecule has 0 aromatic heterocycles. The molecule has 0 spiro atoms. The summed E-state index contributed by atoms with van der Waals surface area (Å²) in [6.45, 7) is 0. The predicted octanol–water partition coefficient (Wildman–Crippen LogP) is 5.56. The Morgan fingerprint density at radius 2 is 1.41 bits per heavy atom. The molecule has 0 radical (unpaired) electrons. The number of hydrogen-bond acceptors (Lipinski definition) is 3. The van der Waals surface area contributed by atoms with Gasteiger partial charge in [-0.15, -0.1) is 0 Å². The highest BCUT2D eigenvalue weighted by Crippen LogP contribution is 2.52. The number of nitrogen functional groups attached to an aromatic ring is 1. The Hall–Kier alpha value is -3.48. The van der Waals surface area contributed by atoms with E-state index in [9.17, 15) is 13.2 Å². The summed E-state index contributed by atoms with van der Waals surface area (Å²) < 4.78 is 47.3. The molecule has 0 fully saturated rings. The minimum atomic E-state index is -4.62. The number of ether oxygens (including phenoxy) is 1. The second kappa shape index (κ2) is 6.05. The lowest BCUT2D eigenvalue weighted by atomic mass is 10.0. The molecule has 7 heteroatoms. The molecule has 0 bridgehead atoms. The van der Waals surface area contributed by atoms with Crippen LogP contribution in [0.5, 0.6) is 11.5 Å². The minimum Gasteiger partial charge on any atom is -0.453 e. The Morgan fingerprint density at radius 3 is 1.93 bits per heavy atom. The summed E-state index contributed by atoms with van der Waals surface area (Å²) in [5.74, 6) is 0.495. The van der Waals surface area contributed by atoms with Crippen LogP contribution in [0.1, 0.15) is 11.1 Å². The van der Waals surface area contributed by atoms with E-state index in [4.69, 9.17) is 15.9 Å². The number of nitrogens with two attached hydrogens (primary N) is 1. The van der Waals surface area contributed by atoms with Gasteiger partial charge in [-0.3, -0.25) is 5.41 Å². The third-order valence-corrected chi connectivity index (χ3v) is 4.29. The van der Waals surface area contributed by atoms with Crippen molar-refractivity contribution < 1.29 is 17.9 Å². The monoisotopic (exact) mass is 369 g/mol.